The Balaban J connectivity index is 2.07. The number of aryl methyl sites for hydroxylation is 1. The number of rotatable bonds is 13. The van der Waals surface area contributed by atoms with E-state index in [2.05, 4.69) is 5.32 Å². The highest BCUT2D eigenvalue weighted by molar-refractivity contribution is 7.92. The summed E-state index contributed by atoms with van der Waals surface area (Å²) in [6.45, 7) is 5.56. The van der Waals surface area contributed by atoms with Gasteiger partial charge in [-0.2, -0.15) is 0 Å². The molecule has 10 heteroatoms. The summed E-state index contributed by atoms with van der Waals surface area (Å²) in [4.78, 5) is 28.4. The van der Waals surface area contributed by atoms with Gasteiger partial charge in [-0.25, -0.2) is 8.42 Å². The molecule has 0 fully saturated rings. The lowest BCUT2D eigenvalue weighted by Crippen LogP contribution is -2.51. The van der Waals surface area contributed by atoms with Crippen LogP contribution in [0, 0.1) is 6.92 Å². The van der Waals surface area contributed by atoms with Crippen LogP contribution in [0.5, 0.6) is 11.5 Å². The third-order valence-electron chi connectivity index (χ3n) is 6.60. The van der Waals surface area contributed by atoms with Crippen LogP contribution in [0.4, 0.5) is 5.69 Å². The van der Waals surface area contributed by atoms with E-state index < -0.39 is 28.5 Å². The number of benzene rings is 3. The molecule has 0 saturated carbocycles. The second kappa shape index (κ2) is 13.8. The minimum atomic E-state index is -4.23. The Bertz CT molecular complexity index is 1410. The van der Waals surface area contributed by atoms with Crippen LogP contribution in [0.1, 0.15) is 31.4 Å². The number of para-hydroxylation sites is 2. The zero-order chi connectivity index (χ0) is 29.3. The number of carbonyl (C=O) groups excluding carboxylic acids is 2. The highest BCUT2D eigenvalue weighted by Gasteiger charge is 2.33. The van der Waals surface area contributed by atoms with Gasteiger partial charge in [0.2, 0.25) is 11.8 Å². The fourth-order valence-electron chi connectivity index (χ4n) is 4.17. The molecule has 0 aliphatic carbocycles. The molecule has 0 aliphatic rings. The van der Waals surface area contributed by atoms with Crippen LogP contribution < -0.4 is 19.1 Å². The van der Waals surface area contributed by atoms with Crippen molar-refractivity contribution in [1.29, 1.82) is 0 Å². The third-order valence-corrected chi connectivity index (χ3v) is 8.37. The van der Waals surface area contributed by atoms with E-state index in [1.807, 2.05) is 38.1 Å². The van der Waals surface area contributed by atoms with Gasteiger partial charge in [-0.15, -0.1) is 0 Å². The van der Waals surface area contributed by atoms with Crippen LogP contribution in [-0.2, 0) is 26.2 Å². The Hall–Kier alpha value is -4.05. The maximum absolute atomic E-state index is 14.0. The van der Waals surface area contributed by atoms with E-state index in [4.69, 9.17) is 9.47 Å². The van der Waals surface area contributed by atoms with Crippen molar-refractivity contribution in [2.45, 2.75) is 44.7 Å². The predicted octanol–water partition coefficient (Wildman–Crippen LogP) is 4.15. The number of hydrogen-bond donors (Lipinski definition) is 1. The first-order valence-electron chi connectivity index (χ1n) is 13.1. The number of ether oxygens (including phenoxy) is 2. The molecular weight excluding hydrogens is 530 g/mol. The first kappa shape index (κ1) is 30.5. The maximum Gasteiger partial charge on any atom is 0.264 e. The van der Waals surface area contributed by atoms with Gasteiger partial charge in [-0.1, -0.05) is 43.3 Å². The van der Waals surface area contributed by atoms with Gasteiger partial charge in [0.1, 0.15) is 24.1 Å². The second-order valence-corrected chi connectivity index (χ2v) is 11.1. The molecule has 3 aromatic carbocycles. The molecule has 0 aliphatic heterocycles. The van der Waals surface area contributed by atoms with E-state index in [0.717, 1.165) is 21.9 Å². The molecule has 0 saturated heterocycles. The fourth-order valence-corrected chi connectivity index (χ4v) is 5.60. The molecular formula is C30H37N3O6S. The van der Waals surface area contributed by atoms with Gasteiger partial charge in [-0.05, 0) is 67.8 Å². The molecule has 3 rings (SSSR count). The Morgan fingerprint density at radius 1 is 0.925 bits per heavy atom. The van der Waals surface area contributed by atoms with Crippen molar-refractivity contribution < 1.29 is 27.5 Å². The highest BCUT2D eigenvalue weighted by atomic mass is 32.2. The van der Waals surface area contributed by atoms with Gasteiger partial charge in [0, 0.05) is 13.1 Å². The molecule has 1 unspecified atom stereocenters. The van der Waals surface area contributed by atoms with Gasteiger partial charge in [-0.3, -0.25) is 13.9 Å². The fraction of sp³-hybridized carbons (Fsp3) is 0.333. The number of amides is 2. The number of nitrogens with zero attached hydrogens (tertiary/aromatic N) is 2. The summed E-state index contributed by atoms with van der Waals surface area (Å²) < 4.78 is 39.7. The Kier molecular flexibility index (Phi) is 10.6. The molecule has 1 N–H and O–H groups in total. The van der Waals surface area contributed by atoms with E-state index in [1.54, 1.807) is 43.3 Å². The Labute approximate surface area is 236 Å². The number of hydrogen-bond acceptors (Lipinski definition) is 6. The van der Waals surface area contributed by atoms with Crippen LogP contribution in [-0.4, -0.2) is 58.5 Å². The highest BCUT2D eigenvalue weighted by Crippen LogP contribution is 2.33. The Morgan fingerprint density at radius 3 is 2.20 bits per heavy atom. The van der Waals surface area contributed by atoms with E-state index in [-0.39, 0.29) is 28.8 Å². The van der Waals surface area contributed by atoms with Crippen molar-refractivity contribution in [1.82, 2.24) is 10.2 Å². The summed E-state index contributed by atoms with van der Waals surface area (Å²) in [6.07, 6.45) is 0.742. The summed E-state index contributed by atoms with van der Waals surface area (Å²) >= 11 is 0. The third kappa shape index (κ3) is 7.12. The van der Waals surface area contributed by atoms with Crippen molar-refractivity contribution in [2.75, 3.05) is 31.6 Å². The van der Waals surface area contributed by atoms with Crippen LogP contribution in [0.25, 0.3) is 0 Å². The molecule has 40 heavy (non-hydrogen) atoms. The number of anilines is 1. The minimum absolute atomic E-state index is 0.0220. The van der Waals surface area contributed by atoms with Crippen LogP contribution in [0.15, 0.2) is 77.7 Å². The summed E-state index contributed by atoms with van der Waals surface area (Å²) in [7, 11) is -1.31. The van der Waals surface area contributed by atoms with Crippen LogP contribution in [0.2, 0.25) is 0 Å². The zero-order valence-electron chi connectivity index (χ0n) is 23.6. The topological polar surface area (TPSA) is 105 Å². The smallest absolute Gasteiger partial charge is 0.264 e. The van der Waals surface area contributed by atoms with Crippen molar-refractivity contribution in [3.05, 3.63) is 83.9 Å². The first-order chi connectivity index (χ1) is 19.1. The molecule has 0 spiro atoms. The SMILES string of the molecule is CCCNC(=O)C(C)N(Cc1ccccc1C)C(=O)CN(c1ccccc1OC)S(=O)(=O)c1ccc(OC)cc1. The number of nitrogens with one attached hydrogen (secondary N) is 1. The molecule has 0 radical (unpaired) electrons. The van der Waals surface area contributed by atoms with Gasteiger partial charge in [0.25, 0.3) is 10.0 Å². The number of methoxy groups -OCH3 is 2. The normalized spacial score (nSPS) is 11.8. The molecule has 0 bridgehead atoms. The minimum Gasteiger partial charge on any atom is -0.497 e. The molecule has 0 aromatic heterocycles. The lowest BCUT2D eigenvalue weighted by Gasteiger charge is -2.32. The summed E-state index contributed by atoms with van der Waals surface area (Å²) in [5.41, 5.74) is 2.01. The molecule has 1 atom stereocenters. The number of sulfonamides is 1. The van der Waals surface area contributed by atoms with Crippen molar-refractivity contribution in [3.8, 4) is 11.5 Å². The summed E-state index contributed by atoms with van der Waals surface area (Å²) in [5.74, 6) is -0.0715. The number of carbonyl (C=O) groups is 2. The monoisotopic (exact) mass is 567 g/mol. The predicted molar refractivity (Wildman–Crippen MR) is 155 cm³/mol. The average Bonchev–Trinajstić information content (AvgIpc) is 2.97. The summed E-state index contributed by atoms with van der Waals surface area (Å²) in [6, 6.07) is 19.3. The quantitative estimate of drug-likeness (QED) is 0.333. The first-order valence-corrected chi connectivity index (χ1v) is 14.5. The van der Waals surface area contributed by atoms with E-state index >= 15 is 0 Å². The van der Waals surface area contributed by atoms with Crippen LogP contribution in [0.3, 0.4) is 0 Å². The standard InChI is InChI=1S/C30H37N3O6S/c1-6-19-31-30(35)23(3)32(20-24-12-8-7-11-22(24)2)29(34)21-33(27-13-9-10-14-28(27)39-5)40(36,37)26-17-15-25(38-4)16-18-26/h7-18,23H,6,19-21H2,1-5H3,(H,31,35). The van der Waals surface area contributed by atoms with Crippen LogP contribution >= 0.6 is 0 Å². The lowest BCUT2D eigenvalue weighted by atomic mass is 10.1. The Morgan fingerprint density at radius 2 is 1.57 bits per heavy atom. The lowest BCUT2D eigenvalue weighted by molar-refractivity contribution is -0.139. The van der Waals surface area contributed by atoms with Gasteiger partial charge in [0.15, 0.2) is 0 Å². The van der Waals surface area contributed by atoms with Gasteiger partial charge in [0.05, 0.1) is 24.8 Å². The largest absolute Gasteiger partial charge is 0.497 e. The van der Waals surface area contributed by atoms with E-state index in [1.165, 1.54) is 31.3 Å². The molecule has 3 aromatic rings. The molecule has 9 nitrogen and oxygen atoms in total. The van der Waals surface area contributed by atoms with Crippen molar-refractivity contribution in [3.63, 3.8) is 0 Å². The average molecular weight is 568 g/mol. The second-order valence-electron chi connectivity index (χ2n) is 9.27. The summed E-state index contributed by atoms with van der Waals surface area (Å²) in [5, 5.41) is 2.84. The maximum atomic E-state index is 14.0. The van der Waals surface area contributed by atoms with E-state index in [9.17, 15) is 18.0 Å². The van der Waals surface area contributed by atoms with Crippen molar-refractivity contribution >= 4 is 27.5 Å². The molecule has 0 heterocycles. The van der Waals surface area contributed by atoms with E-state index in [0.29, 0.717) is 12.3 Å². The van der Waals surface area contributed by atoms with Gasteiger partial charge >= 0.3 is 0 Å². The molecule has 2 amide bonds. The van der Waals surface area contributed by atoms with Gasteiger partial charge < -0.3 is 19.7 Å². The zero-order valence-corrected chi connectivity index (χ0v) is 24.4. The van der Waals surface area contributed by atoms with Crippen molar-refractivity contribution in [2.24, 2.45) is 0 Å². The molecule has 214 valence electrons.